The number of benzene rings is 1. The number of hydrogen-bond donors (Lipinski definition) is 3. The summed E-state index contributed by atoms with van der Waals surface area (Å²) >= 11 is 5.99. The molecular formula is C38H65ClN6O6. The van der Waals surface area contributed by atoms with Gasteiger partial charge in [0.15, 0.2) is 0 Å². The fourth-order valence-corrected chi connectivity index (χ4v) is 7.58. The lowest BCUT2D eigenvalue weighted by atomic mass is 9.89. The zero-order valence-electron chi connectivity index (χ0n) is 32.8. The lowest BCUT2D eigenvalue weighted by molar-refractivity contribution is -0.147. The Kier molecular flexibility index (Phi) is 18.3. The number of nitrogens with zero attached hydrogens (tertiary/aromatic N) is 3. The van der Waals surface area contributed by atoms with Gasteiger partial charge in [-0.15, -0.1) is 0 Å². The highest BCUT2D eigenvalue weighted by Crippen LogP contribution is 2.29. The molecule has 1 aliphatic rings. The van der Waals surface area contributed by atoms with Crippen molar-refractivity contribution in [1.82, 2.24) is 25.3 Å². The van der Waals surface area contributed by atoms with E-state index >= 15 is 0 Å². The van der Waals surface area contributed by atoms with Crippen molar-refractivity contribution in [2.45, 2.75) is 116 Å². The van der Waals surface area contributed by atoms with Gasteiger partial charge in [-0.1, -0.05) is 64.8 Å². The molecule has 1 fully saturated rings. The van der Waals surface area contributed by atoms with Gasteiger partial charge in [0.05, 0.1) is 42.7 Å². The van der Waals surface area contributed by atoms with Gasteiger partial charge in [-0.05, 0) is 69.8 Å². The molecule has 1 saturated heterocycles. The van der Waals surface area contributed by atoms with Crippen LogP contribution < -0.4 is 16.4 Å². The van der Waals surface area contributed by atoms with Gasteiger partial charge in [-0.3, -0.25) is 24.1 Å². The van der Waals surface area contributed by atoms with Gasteiger partial charge in [0.1, 0.15) is 6.04 Å². The molecule has 2 rings (SSSR count). The molecule has 4 N–H and O–H groups in total. The zero-order valence-corrected chi connectivity index (χ0v) is 33.5. The van der Waals surface area contributed by atoms with E-state index in [-0.39, 0.29) is 47.9 Å². The molecule has 9 atom stereocenters. The first kappa shape index (κ1) is 44.4. The average Bonchev–Trinajstić information content (AvgIpc) is 3.56. The lowest BCUT2D eigenvalue weighted by Crippen LogP contribution is -2.62. The summed E-state index contributed by atoms with van der Waals surface area (Å²) in [5, 5.41) is 6.60. The molecule has 0 saturated carbocycles. The van der Waals surface area contributed by atoms with Gasteiger partial charge in [0, 0.05) is 45.4 Å². The maximum atomic E-state index is 14.1. The number of carbonyl (C=O) groups is 4. The summed E-state index contributed by atoms with van der Waals surface area (Å²) in [6, 6.07) is 4.70. The van der Waals surface area contributed by atoms with Crippen LogP contribution in [0.15, 0.2) is 24.3 Å². The van der Waals surface area contributed by atoms with Gasteiger partial charge in [0.2, 0.25) is 23.6 Å². The minimum Gasteiger partial charge on any atom is -0.379 e. The van der Waals surface area contributed by atoms with E-state index in [2.05, 4.69) is 10.6 Å². The molecule has 13 heteroatoms. The highest BCUT2D eigenvalue weighted by atomic mass is 35.5. The Morgan fingerprint density at radius 3 is 2.14 bits per heavy atom. The number of likely N-dealkylation sites (tertiary alicyclic amines) is 1. The SMILES string of the molecule is CC[C@H](C)[C@@H]([C@@H](CC(=O)N1CCCC1[C@H](OC)[C@@H](C)C(=O)NCCc1ccc(Cl)cc1)OC)N(C)C(=O)[C@@H](NC(=O)C(C(C)C)N(C)C)[C@H](C)N. The van der Waals surface area contributed by atoms with Gasteiger partial charge in [-0.25, -0.2) is 0 Å². The number of nitrogens with one attached hydrogen (secondary N) is 2. The third-order valence-electron chi connectivity index (χ3n) is 10.4. The molecule has 1 aromatic carbocycles. The molecule has 2 unspecified atom stereocenters. The number of amides is 4. The van der Waals surface area contributed by atoms with Crippen LogP contribution in [0.25, 0.3) is 0 Å². The summed E-state index contributed by atoms with van der Waals surface area (Å²) in [5.74, 6) is -1.39. The summed E-state index contributed by atoms with van der Waals surface area (Å²) in [4.78, 5) is 60.0. The van der Waals surface area contributed by atoms with Crippen molar-refractivity contribution in [3.8, 4) is 0 Å². The summed E-state index contributed by atoms with van der Waals surface area (Å²) in [5.41, 5.74) is 7.38. The molecule has 1 aliphatic heterocycles. The van der Waals surface area contributed by atoms with E-state index in [0.29, 0.717) is 31.0 Å². The maximum Gasteiger partial charge on any atom is 0.246 e. The second-order valence-electron chi connectivity index (χ2n) is 14.8. The highest BCUT2D eigenvalue weighted by Gasteiger charge is 2.43. The summed E-state index contributed by atoms with van der Waals surface area (Å²) in [6.07, 6.45) is 1.78. The van der Waals surface area contributed by atoms with Crippen molar-refractivity contribution in [3.05, 3.63) is 34.9 Å². The van der Waals surface area contributed by atoms with Crippen LogP contribution in [0.3, 0.4) is 0 Å². The third-order valence-corrected chi connectivity index (χ3v) is 10.7. The molecule has 0 aromatic heterocycles. The molecule has 51 heavy (non-hydrogen) atoms. The largest absolute Gasteiger partial charge is 0.379 e. The first-order chi connectivity index (χ1) is 24.0. The van der Waals surface area contributed by atoms with Crippen molar-refractivity contribution in [1.29, 1.82) is 0 Å². The Bertz CT molecular complexity index is 1260. The lowest BCUT2D eigenvalue weighted by Gasteiger charge is -2.41. The smallest absolute Gasteiger partial charge is 0.246 e. The average molecular weight is 737 g/mol. The first-order valence-electron chi connectivity index (χ1n) is 18.4. The van der Waals surface area contributed by atoms with E-state index in [0.717, 1.165) is 18.4 Å². The molecule has 290 valence electrons. The number of ether oxygens (including phenoxy) is 2. The molecule has 0 bridgehead atoms. The van der Waals surface area contributed by atoms with Crippen molar-refractivity contribution >= 4 is 35.2 Å². The normalized spacial score (nSPS) is 19.5. The molecule has 4 amide bonds. The van der Waals surface area contributed by atoms with E-state index < -0.39 is 42.3 Å². The molecule has 0 radical (unpaired) electrons. The summed E-state index contributed by atoms with van der Waals surface area (Å²) < 4.78 is 11.9. The monoisotopic (exact) mass is 736 g/mol. The molecule has 12 nitrogen and oxygen atoms in total. The Hall–Kier alpha value is -2.77. The molecule has 0 spiro atoms. The number of hydrogen-bond acceptors (Lipinski definition) is 8. The van der Waals surface area contributed by atoms with Crippen LogP contribution in [0.5, 0.6) is 0 Å². The van der Waals surface area contributed by atoms with Crippen molar-refractivity contribution in [2.24, 2.45) is 23.5 Å². The van der Waals surface area contributed by atoms with Crippen molar-refractivity contribution in [3.63, 3.8) is 0 Å². The van der Waals surface area contributed by atoms with E-state index in [9.17, 15) is 19.2 Å². The molecule has 0 aliphatic carbocycles. The van der Waals surface area contributed by atoms with Gasteiger partial charge in [0.25, 0.3) is 0 Å². The minimum atomic E-state index is -0.965. The maximum absolute atomic E-state index is 14.1. The van der Waals surface area contributed by atoms with Crippen LogP contribution >= 0.6 is 11.6 Å². The number of halogens is 1. The highest BCUT2D eigenvalue weighted by molar-refractivity contribution is 6.30. The van der Waals surface area contributed by atoms with Crippen LogP contribution in [0.1, 0.15) is 72.8 Å². The first-order valence-corrected chi connectivity index (χ1v) is 18.7. The van der Waals surface area contributed by atoms with Crippen LogP contribution in [0, 0.1) is 17.8 Å². The predicted octanol–water partition coefficient (Wildman–Crippen LogP) is 3.34. The van der Waals surface area contributed by atoms with Crippen LogP contribution in [0.2, 0.25) is 5.02 Å². The second kappa shape index (κ2) is 21.1. The number of nitrogens with two attached hydrogens (primary N) is 1. The number of likely N-dealkylation sites (N-methyl/N-ethyl adjacent to an activating group) is 2. The molecular weight excluding hydrogens is 672 g/mol. The standard InChI is InChI=1S/C38H65ClN6O6/c1-12-24(4)34(44(9)38(49)32(26(6)40)42-37(48)33(23(2)3)43(7)8)30(50-10)22-31(46)45-21-13-14-29(45)35(51-11)25(5)36(47)41-20-19-27-15-17-28(39)18-16-27/h15-18,23-26,29-30,32-35H,12-14,19-22,40H2,1-11H3,(H,41,47)(H,42,48)/t24-,25+,26-,29?,30+,32-,33?,34-,35+/m0/s1. The summed E-state index contributed by atoms with van der Waals surface area (Å²) in [6.45, 7) is 12.5. The Morgan fingerprint density at radius 1 is 1.00 bits per heavy atom. The fraction of sp³-hybridized carbons (Fsp3) is 0.737. The Labute approximate surface area is 311 Å². The third kappa shape index (κ3) is 12.1. The van der Waals surface area contributed by atoms with Crippen LogP contribution in [0.4, 0.5) is 0 Å². The Morgan fingerprint density at radius 2 is 1.63 bits per heavy atom. The fourth-order valence-electron chi connectivity index (χ4n) is 7.46. The summed E-state index contributed by atoms with van der Waals surface area (Å²) in [7, 11) is 8.48. The quantitative estimate of drug-likeness (QED) is 0.185. The topological polar surface area (TPSA) is 147 Å². The number of carbonyl (C=O) groups excluding carboxylic acids is 4. The van der Waals surface area contributed by atoms with E-state index in [4.69, 9.17) is 26.8 Å². The number of rotatable bonds is 20. The molecule has 1 aromatic rings. The van der Waals surface area contributed by atoms with Gasteiger partial charge >= 0.3 is 0 Å². The van der Waals surface area contributed by atoms with Crippen molar-refractivity contribution < 1.29 is 28.7 Å². The zero-order chi connectivity index (χ0) is 38.6. The minimum absolute atomic E-state index is 0.0166. The van der Waals surface area contributed by atoms with Gasteiger partial charge in [-0.2, -0.15) is 0 Å². The Balaban J connectivity index is 2.21. The molecule has 1 heterocycles. The number of methoxy groups -OCH3 is 2. The van der Waals surface area contributed by atoms with E-state index in [1.165, 1.54) is 0 Å². The van der Waals surface area contributed by atoms with Crippen LogP contribution in [-0.2, 0) is 35.1 Å². The van der Waals surface area contributed by atoms with E-state index in [1.807, 2.05) is 82.8 Å². The van der Waals surface area contributed by atoms with Gasteiger partial charge < -0.3 is 35.6 Å². The van der Waals surface area contributed by atoms with Crippen molar-refractivity contribution in [2.75, 3.05) is 48.5 Å². The second-order valence-corrected chi connectivity index (χ2v) is 15.2. The van der Waals surface area contributed by atoms with E-state index in [1.54, 1.807) is 33.1 Å². The predicted molar refractivity (Wildman–Crippen MR) is 202 cm³/mol. The van der Waals surface area contributed by atoms with Crippen LogP contribution in [-0.4, -0.2) is 129 Å².